The molecule has 0 aliphatic rings. The van der Waals surface area contributed by atoms with E-state index >= 15 is 0 Å². The molecule has 2 rings (SSSR count). The van der Waals surface area contributed by atoms with Gasteiger partial charge in [-0.1, -0.05) is 12.1 Å². The topological polar surface area (TPSA) is 76.0 Å². The SMILES string of the molecule is CNCc1ccc(S(=O)(=O)NCCn2cccn2)cc1. The van der Waals surface area contributed by atoms with Crippen LogP contribution >= 0.6 is 0 Å². The van der Waals surface area contributed by atoms with E-state index in [0.29, 0.717) is 19.6 Å². The van der Waals surface area contributed by atoms with E-state index in [2.05, 4.69) is 15.1 Å². The molecule has 2 N–H and O–H groups in total. The normalized spacial score (nSPS) is 11.7. The fourth-order valence-electron chi connectivity index (χ4n) is 1.80. The average Bonchev–Trinajstić information content (AvgIpc) is 2.93. The van der Waals surface area contributed by atoms with Gasteiger partial charge in [-0.25, -0.2) is 13.1 Å². The summed E-state index contributed by atoms with van der Waals surface area (Å²) in [5.74, 6) is 0. The van der Waals surface area contributed by atoms with E-state index in [-0.39, 0.29) is 4.90 Å². The Morgan fingerprint density at radius 3 is 2.60 bits per heavy atom. The second-order valence-electron chi connectivity index (χ2n) is 4.34. The molecule has 0 spiro atoms. The maximum Gasteiger partial charge on any atom is 0.240 e. The third kappa shape index (κ3) is 3.89. The smallest absolute Gasteiger partial charge is 0.240 e. The number of aromatic nitrogens is 2. The van der Waals surface area contributed by atoms with Gasteiger partial charge in [-0.2, -0.15) is 5.10 Å². The summed E-state index contributed by atoms with van der Waals surface area (Å²) >= 11 is 0. The van der Waals surface area contributed by atoms with Crippen LogP contribution < -0.4 is 10.0 Å². The predicted molar refractivity (Wildman–Crippen MR) is 76.6 cm³/mol. The van der Waals surface area contributed by atoms with Crippen LogP contribution in [0.5, 0.6) is 0 Å². The fraction of sp³-hybridized carbons (Fsp3) is 0.308. The highest BCUT2D eigenvalue weighted by Crippen LogP contribution is 2.10. The summed E-state index contributed by atoms with van der Waals surface area (Å²) in [4.78, 5) is 0.276. The predicted octanol–water partition coefficient (Wildman–Crippen LogP) is 0.581. The molecule has 1 heterocycles. The Kier molecular flexibility index (Phi) is 4.89. The zero-order valence-corrected chi connectivity index (χ0v) is 12.1. The van der Waals surface area contributed by atoms with Gasteiger partial charge >= 0.3 is 0 Å². The monoisotopic (exact) mass is 294 g/mol. The Morgan fingerprint density at radius 1 is 1.25 bits per heavy atom. The average molecular weight is 294 g/mol. The van der Waals surface area contributed by atoms with Gasteiger partial charge in [0.15, 0.2) is 0 Å². The van der Waals surface area contributed by atoms with Crippen LogP contribution in [0, 0.1) is 0 Å². The highest BCUT2D eigenvalue weighted by Gasteiger charge is 2.12. The lowest BCUT2D eigenvalue weighted by atomic mass is 10.2. The number of hydrogen-bond acceptors (Lipinski definition) is 4. The first-order valence-electron chi connectivity index (χ1n) is 6.32. The van der Waals surface area contributed by atoms with Gasteiger partial charge in [0.05, 0.1) is 11.4 Å². The van der Waals surface area contributed by atoms with Crippen LogP contribution in [-0.2, 0) is 23.1 Å². The van der Waals surface area contributed by atoms with Gasteiger partial charge in [0.25, 0.3) is 0 Å². The van der Waals surface area contributed by atoms with E-state index < -0.39 is 10.0 Å². The molecule has 0 aliphatic carbocycles. The van der Waals surface area contributed by atoms with Gasteiger partial charge in [0, 0.05) is 25.5 Å². The number of benzene rings is 1. The molecule has 1 aromatic carbocycles. The van der Waals surface area contributed by atoms with Crippen molar-refractivity contribution in [1.82, 2.24) is 19.8 Å². The number of nitrogens with one attached hydrogen (secondary N) is 2. The van der Waals surface area contributed by atoms with Crippen molar-refractivity contribution in [2.75, 3.05) is 13.6 Å². The van der Waals surface area contributed by atoms with Crippen LogP contribution in [0.1, 0.15) is 5.56 Å². The third-order valence-corrected chi connectivity index (χ3v) is 4.28. The van der Waals surface area contributed by atoms with Crippen molar-refractivity contribution in [2.45, 2.75) is 18.0 Å². The van der Waals surface area contributed by atoms with Crippen LogP contribution in [-0.4, -0.2) is 31.8 Å². The standard InChI is InChI=1S/C13H18N4O2S/c1-14-11-12-3-5-13(6-4-12)20(18,19)16-8-10-17-9-2-7-15-17/h2-7,9,14,16H,8,10-11H2,1H3. The van der Waals surface area contributed by atoms with Crippen LogP contribution in [0.15, 0.2) is 47.6 Å². The molecule has 0 radical (unpaired) electrons. The van der Waals surface area contributed by atoms with Crippen LogP contribution in [0.4, 0.5) is 0 Å². The summed E-state index contributed by atoms with van der Waals surface area (Å²) < 4.78 is 28.4. The lowest BCUT2D eigenvalue weighted by Crippen LogP contribution is -2.27. The Labute approximate surface area is 118 Å². The molecular weight excluding hydrogens is 276 g/mol. The van der Waals surface area contributed by atoms with Gasteiger partial charge in [0.2, 0.25) is 10.0 Å². The van der Waals surface area contributed by atoms with Gasteiger partial charge in [-0.15, -0.1) is 0 Å². The second kappa shape index (κ2) is 6.65. The lowest BCUT2D eigenvalue weighted by Gasteiger charge is -2.08. The van der Waals surface area contributed by atoms with E-state index in [4.69, 9.17) is 0 Å². The quantitative estimate of drug-likeness (QED) is 0.783. The molecule has 108 valence electrons. The molecule has 0 bridgehead atoms. The molecule has 0 atom stereocenters. The Balaban J connectivity index is 1.95. The van der Waals surface area contributed by atoms with E-state index in [1.54, 1.807) is 47.4 Å². The van der Waals surface area contributed by atoms with E-state index in [1.807, 2.05) is 7.05 Å². The fourth-order valence-corrected chi connectivity index (χ4v) is 2.82. The van der Waals surface area contributed by atoms with E-state index in [9.17, 15) is 8.42 Å². The minimum absolute atomic E-state index is 0.276. The molecule has 0 aliphatic heterocycles. The van der Waals surface area contributed by atoms with Crippen molar-refractivity contribution in [1.29, 1.82) is 0 Å². The maximum absolute atomic E-state index is 12.1. The zero-order chi connectivity index (χ0) is 14.4. The Morgan fingerprint density at radius 2 is 2.00 bits per heavy atom. The summed E-state index contributed by atoms with van der Waals surface area (Å²) in [7, 11) is -1.61. The Bertz CT molecular complexity index is 621. The van der Waals surface area contributed by atoms with Gasteiger partial charge in [-0.3, -0.25) is 4.68 Å². The molecule has 0 amide bonds. The van der Waals surface area contributed by atoms with E-state index in [1.165, 1.54) is 0 Å². The zero-order valence-electron chi connectivity index (χ0n) is 11.3. The van der Waals surface area contributed by atoms with Gasteiger partial charge in [0.1, 0.15) is 0 Å². The first kappa shape index (κ1) is 14.7. The molecule has 0 unspecified atom stereocenters. The summed E-state index contributed by atoms with van der Waals surface area (Å²) in [5, 5.41) is 7.03. The third-order valence-electron chi connectivity index (χ3n) is 2.81. The number of sulfonamides is 1. The summed E-state index contributed by atoms with van der Waals surface area (Å²) in [6.07, 6.45) is 3.45. The number of hydrogen-bond donors (Lipinski definition) is 2. The first-order valence-corrected chi connectivity index (χ1v) is 7.81. The molecule has 0 saturated heterocycles. The molecule has 0 saturated carbocycles. The van der Waals surface area contributed by atoms with Crippen molar-refractivity contribution in [3.05, 3.63) is 48.3 Å². The molecule has 1 aromatic heterocycles. The van der Waals surface area contributed by atoms with Gasteiger partial charge < -0.3 is 5.32 Å². The second-order valence-corrected chi connectivity index (χ2v) is 6.11. The van der Waals surface area contributed by atoms with E-state index in [0.717, 1.165) is 5.56 Å². The highest BCUT2D eigenvalue weighted by atomic mass is 32.2. The summed E-state index contributed by atoms with van der Waals surface area (Å²) in [5.41, 5.74) is 1.04. The van der Waals surface area contributed by atoms with Gasteiger partial charge in [-0.05, 0) is 30.8 Å². The van der Waals surface area contributed by atoms with Crippen LogP contribution in [0.2, 0.25) is 0 Å². The molecule has 2 aromatic rings. The van der Waals surface area contributed by atoms with Crippen LogP contribution in [0.3, 0.4) is 0 Å². The summed E-state index contributed by atoms with van der Waals surface area (Å²) in [6.45, 7) is 1.53. The maximum atomic E-state index is 12.1. The lowest BCUT2D eigenvalue weighted by molar-refractivity contribution is 0.561. The first-order chi connectivity index (χ1) is 9.62. The molecule has 0 fully saturated rings. The van der Waals surface area contributed by atoms with Crippen molar-refractivity contribution < 1.29 is 8.42 Å². The number of nitrogens with zero attached hydrogens (tertiary/aromatic N) is 2. The Hall–Kier alpha value is -1.70. The molecule has 6 nitrogen and oxygen atoms in total. The minimum atomic E-state index is -3.46. The highest BCUT2D eigenvalue weighted by molar-refractivity contribution is 7.89. The molecule has 7 heteroatoms. The molecular formula is C13H18N4O2S. The largest absolute Gasteiger partial charge is 0.316 e. The van der Waals surface area contributed by atoms with Crippen LogP contribution in [0.25, 0.3) is 0 Å². The number of rotatable bonds is 7. The minimum Gasteiger partial charge on any atom is -0.316 e. The van der Waals surface area contributed by atoms with Crippen molar-refractivity contribution >= 4 is 10.0 Å². The van der Waals surface area contributed by atoms with Crippen molar-refractivity contribution in [3.8, 4) is 0 Å². The van der Waals surface area contributed by atoms with Crippen molar-refractivity contribution in [3.63, 3.8) is 0 Å². The summed E-state index contributed by atoms with van der Waals surface area (Å²) in [6, 6.07) is 8.64. The van der Waals surface area contributed by atoms with Crippen molar-refractivity contribution in [2.24, 2.45) is 0 Å². The molecule has 20 heavy (non-hydrogen) atoms.